The van der Waals surface area contributed by atoms with Crippen LogP contribution in [0.1, 0.15) is 53.5 Å². The summed E-state index contributed by atoms with van der Waals surface area (Å²) in [4.78, 5) is 29.0. The lowest BCUT2D eigenvalue weighted by molar-refractivity contribution is -0.117. The first-order chi connectivity index (χ1) is 13.7. The van der Waals surface area contributed by atoms with E-state index >= 15 is 0 Å². The zero-order chi connectivity index (χ0) is 23.1. The number of ether oxygens (including phenoxy) is 1. The predicted molar refractivity (Wildman–Crippen MR) is 124 cm³/mol. The van der Waals surface area contributed by atoms with Crippen molar-refractivity contribution < 1.29 is 14.3 Å². The standard InChI is InChI=1S/C23H40N4O3/c1-22(2,3)15-20(28)24-18-10-11-19(26(7)8)17(14-18)16-27(12-13-30-9)21(29)25-23(4,5)6/h10-11,14H,12-13,15-16H2,1-9H3,(H,24,28)(H,25,29). The summed E-state index contributed by atoms with van der Waals surface area (Å²) in [5.41, 5.74) is 2.25. The Bertz CT molecular complexity index is 718. The Labute approximate surface area is 182 Å². The Hall–Kier alpha value is -2.28. The molecule has 0 spiro atoms. The number of nitrogens with one attached hydrogen (secondary N) is 2. The van der Waals surface area contributed by atoms with Crippen molar-refractivity contribution in [1.29, 1.82) is 0 Å². The Morgan fingerprint density at radius 2 is 1.70 bits per heavy atom. The molecule has 30 heavy (non-hydrogen) atoms. The molecule has 1 aromatic rings. The quantitative estimate of drug-likeness (QED) is 0.664. The van der Waals surface area contributed by atoms with Gasteiger partial charge in [-0.25, -0.2) is 4.79 Å². The summed E-state index contributed by atoms with van der Waals surface area (Å²) in [5, 5.41) is 6.01. The Morgan fingerprint density at radius 3 is 2.20 bits per heavy atom. The van der Waals surface area contributed by atoms with Gasteiger partial charge in [0.05, 0.1) is 6.61 Å². The molecule has 1 aromatic carbocycles. The number of anilines is 2. The number of benzene rings is 1. The lowest BCUT2D eigenvalue weighted by Gasteiger charge is -2.30. The zero-order valence-electron chi connectivity index (χ0n) is 20.2. The summed E-state index contributed by atoms with van der Waals surface area (Å²) in [6, 6.07) is 5.67. The number of hydrogen-bond acceptors (Lipinski definition) is 4. The van der Waals surface area contributed by atoms with Crippen molar-refractivity contribution >= 4 is 23.3 Å². The maximum Gasteiger partial charge on any atom is 0.318 e. The highest BCUT2D eigenvalue weighted by molar-refractivity contribution is 5.91. The van der Waals surface area contributed by atoms with E-state index in [9.17, 15) is 9.59 Å². The van der Waals surface area contributed by atoms with Crippen molar-refractivity contribution in [2.75, 3.05) is 44.6 Å². The number of rotatable bonds is 8. The van der Waals surface area contributed by atoms with Crippen molar-refractivity contribution in [2.24, 2.45) is 5.41 Å². The monoisotopic (exact) mass is 420 g/mol. The number of methoxy groups -OCH3 is 1. The average Bonchev–Trinajstić information content (AvgIpc) is 2.55. The van der Waals surface area contributed by atoms with Gasteiger partial charge in [-0.3, -0.25) is 4.79 Å². The van der Waals surface area contributed by atoms with E-state index in [-0.39, 0.29) is 22.9 Å². The molecule has 0 unspecified atom stereocenters. The second-order valence-electron chi connectivity index (χ2n) is 10.1. The van der Waals surface area contributed by atoms with Gasteiger partial charge in [-0.05, 0) is 49.9 Å². The van der Waals surface area contributed by atoms with Crippen LogP contribution in [0.4, 0.5) is 16.2 Å². The second-order valence-corrected chi connectivity index (χ2v) is 10.1. The van der Waals surface area contributed by atoms with Crippen LogP contribution in [0.15, 0.2) is 18.2 Å². The van der Waals surface area contributed by atoms with E-state index in [1.54, 1.807) is 12.0 Å². The van der Waals surface area contributed by atoms with Crippen LogP contribution < -0.4 is 15.5 Å². The molecule has 0 saturated heterocycles. The molecule has 0 aromatic heterocycles. The van der Waals surface area contributed by atoms with Crippen molar-refractivity contribution in [3.63, 3.8) is 0 Å². The summed E-state index contributed by atoms with van der Waals surface area (Å²) in [5.74, 6) is -0.0206. The molecule has 0 heterocycles. The fraction of sp³-hybridized carbons (Fsp3) is 0.652. The molecule has 0 saturated carbocycles. The van der Waals surface area contributed by atoms with Gasteiger partial charge in [-0.1, -0.05) is 20.8 Å². The fourth-order valence-corrected chi connectivity index (χ4v) is 2.97. The normalized spacial score (nSPS) is 11.8. The SMILES string of the molecule is COCCN(Cc1cc(NC(=O)CC(C)(C)C)ccc1N(C)C)C(=O)NC(C)(C)C. The fourth-order valence-electron chi connectivity index (χ4n) is 2.97. The summed E-state index contributed by atoms with van der Waals surface area (Å²) in [7, 11) is 5.55. The lowest BCUT2D eigenvalue weighted by atomic mass is 9.92. The number of urea groups is 1. The van der Waals surface area contributed by atoms with E-state index in [2.05, 4.69) is 10.6 Å². The summed E-state index contributed by atoms with van der Waals surface area (Å²) in [6.45, 7) is 13.3. The molecule has 2 N–H and O–H groups in total. The first-order valence-electron chi connectivity index (χ1n) is 10.4. The van der Waals surface area contributed by atoms with Gasteiger partial charge >= 0.3 is 6.03 Å². The number of nitrogens with zero attached hydrogens (tertiary/aromatic N) is 2. The number of carbonyl (C=O) groups is 2. The highest BCUT2D eigenvalue weighted by Gasteiger charge is 2.22. The number of carbonyl (C=O) groups excluding carboxylic acids is 2. The topological polar surface area (TPSA) is 73.9 Å². The number of hydrogen-bond donors (Lipinski definition) is 2. The first kappa shape index (κ1) is 25.8. The van der Waals surface area contributed by atoms with Crippen LogP contribution in [0.25, 0.3) is 0 Å². The third kappa shape index (κ3) is 9.48. The maximum absolute atomic E-state index is 12.8. The van der Waals surface area contributed by atoms with E-state index in [0.717, 1.165) is 16.9 Å². The average molecular weight is 421 g/mol. The van der Waals surface area contributed by atoms with Crippen molar-refractivity contribution in [3.8, 4) is 0 Å². The molecule has 0 aliphatic carbocycles. The van der Waals surface area contributed by atoms with Crippen LogP contribution in [0.5, 0.6) is 0 Å². The number of amides is 3. The molecule has 0 radical (unpaired) electrons. The Kier molecular flexibility index (Phi) is 9.15. The summed E-state index contributed by atoms with van der Waals surface area (Å²) < 4.78 is 5.20. The van der Waals surface area contributed by atoms with Crippen LogP contribution in [0.3, 0.4) is 0 Å². The van der Waals surface area contributed by atoms with Crippen LogP contribution in [0.2, 0.25) is 0 Å². The van der Waals surface area contributed by atoms with Crippen LogP contribution >= 0.6 is 0 Å². The van der Waals surface area contributed by atoms with Gasteiger partial charge in [0, 0.05) is 57.6 Å². The highest BCUT2D eigenvalue weighted by atomic mass is 16.5. The van der Waals surface area contributed by atoms with Crippen LogP contribution in [-0.2, 0) is 16.1 Å². The zero-order valence-corrected chi connectivity index (χ0v) is 20.2. The van der Waals surface area contributed by atoms with Gasteiger partial charge in [0.15, 0.2) is 0 Å². The second kappa shape index (κ2) is 10.7. The van der Waals surface area contributed by atoms with Gasteiger partial charge in [0.25, 0.3) is 0 Å². The van der Waals surface area contributed by atoms with Gasteiger partial charge < -0.3 is 25.2 Å². The smallest absolute Gasteiger partial charge is 0.318 e. The Morgan fingerprint density at radius 1 is 1.07 bits per heavy atom. The van der Waals surface area contributed by atoms with E-state index < -0.39 is 0 Å². The third-order valence-electron chi connectivity index (χ3n) is 4.23. The molecule has 7 nitrogen and oxygen atoms in total. The van der Waals surface area contributed by atoms with Crippen LogP contribution in [-0.4, -0.2) is 56.7 Å². The van der Waals surface area contributed by atoms with E-state index in [1.165, 1.54) is 0 Å². The van der Waals surface area contributed by atoms with Crippen molar-refractivity contribution in [2.45, 2.75) is 60.0 Å². The predicted octanol–water partition coefficient (Wildman–Crippen LogP) is 4.08. The third-order valence-corrected chi connectivity index (χ3v) is 4.23. The van der Waals surface area contributed by atoms with Gasteiger partial charge in [-0.15, -0.1) is 0 Å². The van der Waals surface area contributed by atoms with Crippen molar-refractivity contribution in [1.82, 2.24) is 10.2 Å². The van der Waals surface area contributed by atoms with Crippen LogP contribution in [0, 0.1) is 5.41 Å². The van der Waals surface area contributed by atoms with E-state index in [4.69, 9.17) is 4.74 Å². The molecule has 0 bridgehead atoms. The highest BCUT2D eigenvalue weighted by Crippen LogP contribution is 2.26. The molecular formula is C23H40N4O3. The molecule has 170 valence electrons. The molecule has 7 heteroatoms. The first-order valence-corrected chi connectivity index (χ1v) is 10.4. The summed E-state index contributed by atoms with van der Waals surface area (Å²) >= 11 is 0. The van der Waals surface area contributed by atoms with Gasteiger partial charge in [-0.2, -0.15) is 0 Å². The molecule has 0 aliphatic rings. The minimum absolute atomic E-state index is 0.0206. The maximum atomic E-state index is 12.8. The van der Waals surface area contributed by atoms with E-state index in [0.29, 0.717) is 26.1 Å². The minimum Gasteiger partial charge on any atom is -0.383 e. The van der Waals surface area contributed by atoms with Crippen molar-refractivity contribution in [3.05, 3.63) is 23.8 Å². The minimum atomic E-state index is -0.338. The molecule has 0 aliphatic heterocycles. The van der Waals surface area contributed by atoms with Gasteiger partial charge in [0.1, 0.15) is 0 Å². The largest absolute Gasteiger partial charge is 0.383 e. The Balaban J connectivity index is 3.14. The molecule has 0 fully saturated rings. The van der Waals surface area contributed by atoms with Gasteiger partial charge in [0.2, 0.25) is 5.91 Å². The molecule has 1 rings (SSSR count). The molecular weight excluding hydrogens is 380 g/mol. The lowest BCUT2D eigenvalue weighted by Crippen LogP contribution is -2.49. The molecule has 3 amide bonds. The summed E-state index contributed by atoms with van der Waals surface area (Å²) in [6.07, 6.45) is 0.436. The molecule has 0 atom stereocenters. The van der Waals surface area contributed by atoms with E-state index in [1.807, 2.05) is 78.7 Å².